The van der Waals surface area contributed by atoms with Crippen molar-refractivity contribution in [3.05, 3.63) is 68.7 Å². The van der Waals surface area contributed by atoms with Crippen LogP contribution in [-0.4, -0.2) is 34.6 Å². The quantitative estimate of drug-likeness (QED) is 0.425. The first-order valence-corrected chi connectivity index (χ1v) is 13.0. The highest BCUT2D eigenvalue weighted by atomic mass is 35.5. The Balaban J connectivity index is 1.70. The SMILES string of the molecule is C[C@H](C(=O)NC1CCCC1)N(Cc1ccc(Cl)cc1Cl)C(=O)CSCc1ccccc1Cl. The summed E-state index contributed by atoms with van der Waals surface area (Å²) in [4.78, 5) is 27.7. The van der Waals surface area contributed by atoms with Gasteiger partial charge in [-0.1, -0.05) is 71.9 Å². The highest BCUT2D eigenvalue weighted by Crippen LogP contribution is 2.25. The maximum absolute atomic E-state index is 13.2. The van der Waals surface area contributed by atoms with Gasteiger partial charge in [-0.2, -0.15) is 0 Å². The summed E-state index contributed by atoms with van der Waals surface area (Å²) in [6, 6.07) is 12.3. The third-order valence-electron chi connectivity index (χ3n) is 5.67. The molecule has 1 atom stereocenters. The Hall–Kier alpha value is -1.40. The van der Waals surface area contributed by atoms with E-state index in [2.05, 4.69) is 5.32 Å². The predicted molar refractivity (Wildman–Crippen MR) is 134 cm³/mol. The van der Waals surface area contributed by atoms with Crippen molar-refractivity contribution in [1.29, 1.82) is 0 Å². The molecule has 0 saturated heterocycles. The van der Waals surface area contributed by atoms with E-state index in [1.54, 1.807) is 30.0 Å². The molecule has 2 aromatic carbocycles. The molecule has 172 valence electrons. The van der Waals surface area contributed by atoms with Crippen molar-refractivity contribution in [2.45, 2.75) is 57.0 Å². The van der Waals surface area contributed by atoms with Gasteiger partial charge in [-0.15, -0.1) is 11.8 Å². The van der Waals surface area contributed by atoms with Crippen LogP contribution in [0, 0.1) is 0 Å². The molecule has 2 amide bonds. The normalized spacial score (nSPS) is 14.9. The minimum absolute atomic E-state index is 0.123. The van der Waals surface area contributed by atoms with Gasteiger partial charge in [0, 0.05) is 33.4 Å². The zero-order valence-electron chi connectivity index (χ0n) is 18.0. The first-order valence-electron chi connectivity index (χ1n) is 10.7. The standard InChI is InChI=1S/C24H27Cl3N2O2S/c1-16(24(31)28-20-7-3-4-8-20)29(13-17-10-11-19(25)12-22(17)27)23(30)15-32-14-18-6-2-5-9-21(18)26/h2,5-6,9-12,16,20H,3-4,7-8,13-15H2,1H3,(H,28,31)/t16-/m1/s1. The maximum Gasteiger partial charge on any atom is 0.242 e. The van der Waals surface area contributed by atoms with Gasteiger partial charge >= 0.3 is 0 Å². The van der Waals surface area contributed by atoms with Gasteiger partial charge in [0.05, 0.1) is 5.75 Å². The van der Waals surface area contributed by atoms with Crippen molar-refractivity contribution in [3.63, 3.8) is 0 Å². The smallest absolute Gasteiger partial charge is 0.242 e. The Morgan fingerprint density at radius 2 is 1.78 bits per heavy atom. The highest BCUT2D eigenvalue weighted by Gasteiger charge is 2.28. The number of hydrogen-bond donors (Lipinski definition) is 1. The van der Waals surface area contributed by atoms with Crippen molar-refractivity contribution >= 4 is 58.4 Å². The molecule has 0 radical (unpaired) electrons. The zero-order valence-corrected chi connectivity index (χ0v) is 21.0. The minimum Gasteiger partial charge on any atom is -0.352 e. The van der Waals surface area contributed by atoms with E-state index < -0.39 is 6.04 Å². The van der Waals surface area contributed by atoms with Crippen LogP contribution in [-0.2, 0) is 21.9 Å². The number of nitrogens with zero attached hydrogens (tertiary/aromatic N) is 1. The molecule has 0 spiro atoms. The third-order valence-corrected chi connectivity index (χ3v) is 7.59. The summed E-state index contributed by atoms with van der Waals surface area (Å²) >= 11 is 20.1. The number of nitrogens with one attached hydrogen (secondary N) is 1. The number of thioether (sulfide) groups is 1. The molecule has 1 saturated carbocycles. The van der Waals surface area contributed by atoms with Crippen LogP contribution in [0.5, 0.6) is 0 Å². The van der Waals surface area contributed by atoms with Gasteiger partial charge in [-0.05, 0) is 49.1 Å². The molecule has 0 bridgehead atoms. The summed E-state index contributed by atoms with van der Waals surface area (Å²) in [5.74, 6) is 0.592. The number of amides is 2. The fourth-order valence-electron chi connectivity index (χ4n) is 3.75. The Morgan fingerprint density at radius 3 is 2.47 bits per heavy atom. The highest BCUT2D eigenvalue weighted by molar-refractivity contribution is 7.99. The Labute approximate surface area is 209 Å². The molecule has 0 aliphatic heterocycles. The summed E-state index contributed by atoms with van der Waals surface area (Å²) in [5, 5.41) is 4.78. The van der Waals surface area contributed by atoms with Crippen molar-refractivity contribution in [1.82, 2.24) is 10.2 Å². The number of carbonyl (C=O) groups excluding carboxylic acids is 2. The molecule has 0 heterocycles. The fraction of sp³-hybridized carbons (Fsp3) is 0.417. The fourth-order valence-corrected chi connectivity index (χ4v) is 5.42. The van der Waals surface area contributed by atoms with Crippen LogP contribution in [0.1, 0.15) is 43.7 Å². The molecule has 1 N–H and O–H groups in total. The molecule has 3 rings (SSSR count). The monoisotopic (exact) mass is 512 g/mol. The van der Waals surface area contributed by atoms with Crippen molar-refractivity contribution in [2.24, 2.45) is 0 Å². The second-order valence-corrected chi connectivity index (χ2v) is 10.2. The number of halogens is 3. The van der Waals surface area contributed by atoms with Gasteiger partial charge in [0.15, 0.2) is 0 Å². The van der Waals surface area contributed by atoms with Gasteiger partial charge in [-0.25, -0.2) is 0 Å². The number of carbonyl (C=O) groups is 2. The second kappa shape index (κ2) is 12.2. The van der Waals surface area contributed by atoms with Crippen molar-refractivity contribution in [3.8, 4) is 0 Å². The molecule has 2 aromatic rings. The van der Waals surface area contributed by atoms with E-state index >= 15 is 0 Å². The average Bonchev–Trinajstić information content (AvgIpc) is 3.27. The lowest BCUT2D eigenvalue weighted by Crippen LogP contribution is -2.50. The summed E-state index contributed by atoms with van der Waals surface area (Å²) in [7, 11) is 0. The molecule has 4 nitrogen and oxygen atoms in total. The van der Waals surface area contributed by atoms with Gasteiger partial charge < -0.3 is 10.2 Å². The molecule has 1 aliphatic rings. The molecule has 1 aliphatic carbocycles. The van der Waals surface area contributed by atoms with Crippen LogP contribution in [0.2, 0.25) is 15.1 Å². The maximum atomic E-state index is 13.2. The number of hydrogen-bond acceptors (Lipinski definition) is 3. The van der Waals surface area contributed by atoms with Gasteiger partial charge in [0.25, 0.3) is 0 Å². The lowest BCUT2D eigenvalue weighted by Gasteiger charge is -2.30. The topological polar surface area (TPSA) is 49.4 Å². The first-order chi connectivity index (χ1) is 15.3. The zero-order chi connectivity index (χ0) is 23.1. The molecular formula is C24H27Cl3N2O2S. The van der Waals surface area contributed by atoms with Gasteiger partial charge in [0.1, 0.15) is 6.04 Å². The van der Waals surface area contributed by atoms with Crippen LogP contribution in [0.4, 0.5) is 0 Å². The average molecular weight is 514 g/mol. The molecule has 0 aromatic heterocycles. The number of rotatable bonds is 9. The lowest BCUT2D eigenvalue weighted by molar-refractivity contribution is -0.138. The molecule has 1 fully saturated rings. The lowest BCUT2D eigenvalue weighted by atomic mass is 10.1. The Bertz CT molecular complexity index is 951. The second-order valence-electron chi connectivity index (χ2n) is 8.01. The molecule has 32 heavy (non-hydrogen) atoms. The van der Waals surface area contributed by atoms with E-state index in [1.807, 2.05) is 24.3 Å². The van der Waals surface area contributed by atoms with Crippen LogP contribution >= 0.6 is 46.6 Å². The van der Waals surface area contributed by atoms with Crippen LogP contribution in [0.3, 0.4) is 0 Å². The first kappa shape index (κ1) is 25.2. The predicted octanol–water partition coefficient (Wildman–Crippen LogP) is 6.36. The Kier molecular flexibility index (Phi) is 9.60. The molecular weight excluding hydrogens is 487 g/mol. The van der Waals surface area contributed by atoms with E-state index in [1.165, 1.54) is 11.8 Å². The van der Waals surface area contributed by atoms with E-state index in [0.717, 1.165) is 36.8 Å². The van der Waals surface area contributed by atoms with Gasteiger partial charge in [-0.3, -0.25) is 9.59 Å². The summed E-state index contributed by atoms with van der Waals surface area (Å²) in [6.45, 7) is 2.01. The van der Waals surface area contributed by atoms with E-state index in [-0.39, 0.29) is 30.2 Å². The van der Waals surface area contributed by atoms with Crippen molar-refractivity contribution < 1.29 is 9.59 Å². The third kappa shape index (κ3) is 7.05. The molecule has 8 heteroatoms. The number of benzene rings is 2. The van der Waals surface area contributed by atoms with E-state index in [0.29, 0.717) is 20.8 Å². The van der Waals surface area contributed by atoms with Crippen LogP contribution in [0.15, 0.2) is 42.5 Å². The minimum atomic E-state index is -0.615. The summed E-state index contributed by atoms with van der Waals surface area (Å²) in [5.41, 5.74) is 1.73. The van der Waals surface area contributed by atoms with Crippen molar-refractivity contribution in [2.75, 3.05) is 5.75 Å². The van der Waals surface area contributed by atoms with E-state index in [9.17, 15) is 9.59 Å². The largest absolute Gasteiger partial charge is 0.352 e. The summed E-state index contributed by atoms with van der Waals surface area (Å²) < 4.78 is 0. The Morgan fingerprint density at radius 1 is 1.06 bits per heavy atom. The molecule has 0 unspecified atom stereocenters. The van der Waals surface area contributed by atoms with Crippen LogP contribution in [0.25, 0.3) is 0 Å². The summed E-state index contributed by atoms with van der Waals surface area (Å²) in [6.07, 6.45) is 4.23. The van der Waals surface area contributed by atoms with E-state index in [4.69, 9.17) is 34.8 Å². The van der Waals surface area contributed by atoms with Gasteiger partial charge in [0.2, 0.25) is 11.8 Å². The van der Waals surface area contributed by atoms with Crippen LogP contribution < -0.4 is 5.32 Å².